The summed E-state index contributed by atoms with van der Waals surface area (Å²) >= 11 is 0. The van der Waals surface area contributed by atoms with E-state index in [0.29, 0.717) is 6.42 Å². The molecule has 0 aromatic heterocycles. The van der Waals surface area contributed by atoms with Crippen molar-refractivity contribution in [3.8, 4) is 5.75 Å². The molecule has 1 aliphatic heterocycles. The zero-order chi connectivity index (χ0) is 17.5. The van der Waals surface area contributed by atoms with Crippen LogP contribution in [0.15, 0.2) is 18.2 Å². The molecule has 1 amide bonds. The van der Waals surface area contributed by atoms with E-state index >= 15 is 0 Å². The normalized spacial score (nSPS) is 17.5. The molecule has 4 nitrogen and oxygen atoms in total. The minimum Gasteiger partial charge on any atom is -0.480 e. The van der Waals surface area contributed by atoms with Crippen molar-refractivity contribution in [2.45, 2.75) is 52.6 Å². The Morgan fingerprint density at radius 1 is 1.33 bits per heavy atom. The van der Waals surface area contributed by atoms with E-state index in [-0.39, 0.29) is 5.91 Å². The predicted molar refractivity (Wildman–Crippen MR) is 98.5 cm³/mol. The van der Waals surface area contributed by atoms with E-state index in [0.717, 1.165) is 30.2 Å². The van der Waals surface area contributed by atoms with Crippen LogP contribution in [-0.4, -0.2) is 43.6 Å². The molecule has 1 aromatic carbocycles. The molecule has 0 bridgehead atoms. The largest absolute Gasteiger partial charge is 0.480 e. The van der Waals surface area contributed by atoms with Crippen LogP contribution in [-0.2, 0) is 4.79 Å². The number of piperidine rings is 1. The highest BCUT2D eigenvalue weighted by atomic mass is 16.5. The van der Waals surface area contributed by atoms with Crippen LogP contribution in [0.2, 0.25) is 0 Å². The van der Waals surface area contributed by atoms with Gasteiger partial charge < -0.3 is 15.0 Å². The summed E-state index contributed by atoms with van der Waals surface area (Å²) in [5, 5.41) is 3.07. The van der Waals surface area contributed by atoms with Gasteiger partial charge >= 0.3 is 0 Å². The molecule has 24 heavy (non-hydrogen) atoms. The summed E-state index contributed by atoms with van der Waals surface area (Å²) in [7, 11) is 2.18. The number of rotatable bonds is 7. The lowest BCUT2D eigenvalue weighted by Crippen LogP contribution is -2.39. The van der Waals surface area contributed by atoms with Crippen molar-refractivity contribution < 1.29 is 9.53 Å². The number of amides is 1. The second kappa shape index (κ2) is 9.07. The number of aryl methyl sites for hydroxylation is 1. The van der Waals surface area contributed by atoms with E-state index in [9.17, 15) is 4.79 Å². The number of benzene rings is 1. The van der Waals surface area contributed by atoms with Gasteiger partial charge in [0.25, 0.3) is 5.91 Å². The van der Waals surface area contributed by atoms with Crippen molar-refractivity contribution in [2.75, 3.05) is 26.7 Å². The number of nitrogens with one attached hydrogen (secondary N) is 1. The Morgan fingerprint density at radius 3 is 2.71 bits per heavy atom. The first-order chi connectivity index (χ1) is 11.5. The maximum absolute atomic E-state index is 12.4. The molecule has 1 saturated heterocycles. The summed E-state index contributed by atoms with van der Waals surface area (Å²) in [6.45, 7) is 9.18. The number of nitrogens with zero attached hydrogens (tertiary/aromatic N) is 1. The monoisotopic (exact) mass is 332 g/mol. The third kappa shape index (κ3) is 5.23. The highest BCUT2D eigenvalue weighted by Gasteiger charge is 2.20. The van der Waals surface area contributed by atoms with Gasteiger partial charge in [-0.1, -0.05) is 19.1 Å². The smallest absolute Gasteiger partial charge is 0.261 e. The van der Waals surface area contributed by atoms with Gasteiger partial charge in [-0.25, -0.2) is 0 Å². The standard InChI is InChI=1S/C20H32N2O2/c1-5-18(24-19-8-6-7-15(2)16(19)3)20(23)21-12-9-17-10-13-22(4)14-11-17/h6-8,17-18H,5,9-14H2,1-4H3,(H,21,23)/t18-/m0/s1. The Hall–Kier alpha value is -1.55. The summed E-state index contributed by atoms with van der Waals surface area (Å²) in [5.74, 6) is 1.56. The second-order valence-electron chi connectivity index (χ2n) is 7.04. The van der Waals surface area contributed by atoms with Crippen LogP contribution in [0.5, 0.6) is 5.75 Å². The zero-order valence-corrected chi connectivity index (χ0v) is 15.6. The van der Waals surface area contributed by atoms with E-state index in [4.69, 9.17) is 4.74 Å². The van der Waals surface area contributed by atoms with E-state index < -0.39 is 6.10 Å². The molecule has 0 radical (unpaired) electrons. The van der Waals surface area contributed by atoms with E-state index in [1.54, 1.807) is 0 Å². The highest BCUT2D eigenvalue weighted by molar-refractivity contribution is 5.81. The van der Waals surface area contributed by atoms with Crippen LogP contribution in [0.4, 0.5) is 0 Å². The molecule has 134 valence electrons. The van der Waals surface area contributed by atoms with Crippen LogP contribution < -0.4 is 10.1 Å². The Morgan fingerprint density at radius 2 is 2.04 bits per heavy atom. The zero-order valence-electron chi connectivity index (χ0n) is 15.6. The quantitative estimate of drug-likeness (QED) is 0.833. The number of carbonyl (C=O) groups is 1. The summed E-state index contributed by atoms with van der Waals surface area (Å²) in [5.41, 5.74) is 2.29. The lowest BCUT2D eigenvalue weighted by atomic mass is 9.94. The van der Waals surface area contributed by atoms with Crippen LogP contribution in [0.3, 0.4) is 0 Å². The average molecular weight is 332 g/mol. The lowest BCUT2D eigenvalue weighted by molar-refractivity contribution is -0.128. The fraction of sp³-hybridized carbons (Fsp3) is 0.650. The molecule has 4 heteroatoms. The molecule has 1 atom stereocenters. The van der Waals surface area contributed by atoms with Crippen molar-refractivity contribution in [3.05, 3.63) is 29.3 Å². The number of likely N-dealkylation sites (tertiary alicyclic amines) is 1. The van der Waals surface area contributed by atoms with Gasteiger partial charge in [-0.15, -0.1) is 0 Å². The Balaban J connectivity index is 1.80. The minimum absolute atomic E-state index is 0.00586. The first kappa shape index (κ1) is 18.8. The highest BCUT2D eigenvalue weighted by Crippen LogP contribution is 2.22. The fourth-order valence-electron chi connectivity index (χ4n) is 3.19. The second-order valence-corrected chi connectivity index (χ2v) is 7.04. The van der Waals surface area contributed by atoms with Gasteiger partial charge in [-0.2, -0.15) is 0 Å². The predicted octanol–water partition coefficient (Wildman–Crippen LogP) is 3.31. The first-order valence-corrected chi connectivity index (χ1v) is 9.20. The summed E-state index contributed by atoms with van der Waals surface area (Å²) in [6, 6.07) is 5.98. The molecular formula is C20H32N2O2. The molecule has 2 rings (SSSR count). The Bertz CT molecular complexity index is 536. The lowest BCUT2D eigenvalue weighted by Gasteiger charge is -2.29. The topological polar surface area (TPSA) is 41.6 Å². The molecule has 1 N–H and O–H groups in total. The molecule has 0 unspecified atom stereocenters. The van der Waals surface area contributed by atoms with Gasteiger partial charge in [-0.05, 0) is 82.8 Å². The number of carbonyl (C=O) groups excluding carboxylic acids is 1. The first-order valence-electron chi connectivity index (χ1n) is 9.20. The molecule has 0 aliphatic carbocycles. The number of ether oxygens (including phenoxy) is 1. The molecular weight excluding hydrogens is 300 g/mol. The van der Waals surface area contributed by atoms with Gasteiger partial charge in [-0.3, -0.25) is 4.79 Å². The Kier molecular flexibility index (Phi) is 7.10. The maximum Gasteiger partial charge on any atom is 0.261 e. The SMILES string of the molecule is CC[C@H](Oc1cccc(C)c1C)C(=O)NCCC1CCN(C)CC1. The minimum atomic E-state index is -0.414. The Labute approximate surface area is 146 Å². The summed E-state index contributed by atoms with van der Waals surface area (Å²) in [4.78, 5) is 14.8. The van der Waals surface area contributed by atoms with Crippen molar-refractivity contribution >= 4 is 5.91 Å². The van der Waals surface area contributed by atoms with Crippen LogP contribution in [0.1, 0.15) is 43.7 Å². The fourth-order valence-corrected chi connectivity index (χ4v) is 3.19. The molecule has 1 heterocycles. The van der Waals surface area contributed by atoms with Gasteiger partial charge in [0.05, 0.1) is 0 Å². The number of hydrogen-bond donors (Lipinski definition) is 1. The van der Waals surface area contributed by atoms with Gasteiger partial charge in [0.15, 0.2) is 6.10 Å². The van der Waals surface area contributed by atoms with Crippen molar-refractivity contribution in [2.24, 2.45) is 5.92 Å². The van der Waals surface area contributed by atoms with Crippen molar-refractivity contribution in [1.82, 2.24) is 10.2 Å². The van der Waals surface area contributed by atoms with E-state index in [2.05, 4.69) is 30.3 Å². The molecule has 0 spiro atoms. The van der Waals surface area contributed by atoms with Crippen LogP contribution in [0, 0.1) is 19.8 Å². The van der Waals surface area contributed by atoms with E-state index in [1.807, 2.05) is 26.0 Å². The van der Waals surface area contributed by atoms with E-state index in [1.165, 1.54) is 31.5 Å². The van der Waals surface area contributed by atoms with Gasteiger partial charge in [0.2, 0.25) is 0 Å². The average Bonchev–Trinajstić information content (AvgIpc) is 2.58. The third-order valence-electron chi connectivity index (χ3n) is 5.18. The number of hydrogen-bond acceptors (Lipinski definition) is 3. The summed E-state index contributed by atoms with van der Waals surface area (Å²) < 4.78 is 5.97. The third-order valence-corrected chi connectivity index (χ3v) is 5.18. The van der Waals surface area contributed by atoms with Crippen LogP contribution in [0.25, 0.3) is 0 Å². The van der Waals surface area contributed by atoms with Gasteiger partial charge in [0.1, 0.15) is 5.75 Å². The van der Waals surface area contributed by atoms with Crippen molar-refractivity contribution in [3.63, 3.8) is 0 Å². The molecule has 1 fully saturated rings. The van der Waals surface area contributed by atoms with Crippen LogP contribution >= 0.6 is 0 Å². The van der Waals surface area contributed by atoms with Gasteiger partial charge in [0, 0.05) is 6.54 Å². The molecule has 1 aromatic rings. The summed E-state index contributed by atoms with van der Waals surface area (Å²) in [6.07, 6.45) is 3.81. The molecule has 0 saturated carbocycles. The maximum atomic E-state index is 12.4. The van der Waals surface area contributed by atoms with Crippen molar-refractivity contribution in [1.29, 1.82) is 0 Å². The molecule has 1 aliphatic rings.